The second kappa shape index (κ2) is 11.9. The molecule has 0 amide bonds. The highest BCUT2D eigenvalue weighted by Gasteiger charge is 2.53. The maximum atomic E-state index is 11.8. The van der Waals surface area contributed by atoms with Gasteiger partial charge in [-0.3, -0.25) is 39.4 Å². The number of hydrogen-bond acceptors (Lipinski definition) is 14. The molecule has 36 heavy (non-hydrogen) atoms. The molecule has 0 aliphatic carbocycles. The first-order valence-electron chi connectivity index (χ1n) is 10.2. The van der Waals surface area contributed by atoms with Crippen molar-refractivity contribution in [1.82, 2.24) is 0 Å². The van der Waals surface area contributed by atoms with E-state index in [9.17, 15) is 39.4 Å². The lowest BCUT2D eigenvalue weighted by atomic mass is 9.98. The quantitative estimate of drug-likeness (QED) is 0.194. The van der Waals surface area contributed by atoms with Gasteiger partial charge in [-0.25, -0.2) is 0 Å². The minimum Gasteiger partial charge on any atom is -0.463 e. The number of esters is 4. The van der Waals surface area contributed by atoms with Gasteiger partial charge in [-0.05, 0) is 6.07 Å². The van der Waals surface area contributed by atoms with E-state index in [1.807, 2.05) is 0 Å². The Hall–Kier alpha value is -4.34. The van der Waals surface area contributed by atoms with Crippen molar-refractivity contribution in [2.24, 2.45) is 0 Å². The third-order valence-corrected chi connectivity index (χ3v) is 4.54. The Balaban J connectivity index is 2.57. The van der Waals surface area contributed by atoms with E-state index >= 15 is 0 Å². The number of carbonyl (C=O) groups is 4. The van der Waals surface area contributed by atoms with E-state index < -0.39 is 88.2 Å². The Kier molecular flexibility index (Phi) is 9.20. The number of nitro groups is 2. The number of nitrogens with zero attached hydrogens (tertiary/aromatic N) is 2. The number of carbonyl (C=O) groups excluding carboxylic acids is 4. The summed E-state index contributed by atoms with van der Waals surface area (Å²) in [5, 5.41) is 22.5. The summed E-state index contributed by atoms with van der Waals surface area (Å²) in [5.74, 6) is -3.91. The molecule has 0 radical (unpaired) electrons. The van der Waals surface area contributed by atoms with E-state index in [1.165, 1.54) is 0 Å². The van der Waals surface area contributed by atoms with E-state index in [0.717, 1.165) is 39.8 Å². The van der Waals surface area contributed by atoms with Gasteiger partial charge in [-0.2, -0.15) is 0 Å². The van der Waals surface area contributed by atoms with Crippen LogP contribution in [0.5, 0.6) is 5.75 Å². The highest BCUT2D eigenvalue weighted by molar-refractivity contribution is 5.68. The molecule has 1 aliphatic rings. The van der Waals surface area contributed by atoms with Crippen LogP contribution >= 0.6 is 0 Å². The van der Waals surface area contributed by atoms with Crippen LogP contribution in [0, 0.1) is 20.2 Å². The molecule has 0 saturated carbocycles. The second-order valence-corrected chi connectivity index (χ2v) is 7.35. The highest BCUT2D eigenvalue weighted by atomic mass is 16.7. The Morgan fingerprint density at radius 3 is 1.89 bits per heavy atom. The van der Waals surface area contributed by atoms with Crippen molar-refractivity contribution in [3.63, 3.8) is 0 Å². The zero-order valence-electron chi connectivity index (χ0n) is 19.4. The highest BCUT2D eigenvalue weighted by Crippen LogP contribution is 2.36. The van der Waals surface area contributed by atoms with Gasteiger partial charge in [0.2, 0.25) is 18.1 Å². The molecule has 1 aromatic rings. The summed E-state index contributed by atoms with van der Waals surface area (Å²) < 4.78 is 31.8. The standard InChI is InChI=1S/C20H22N2O14/c1-9(23)31-8-16-17(32-10(2)24)18(33-11(3)25)19(34-12(4)26)20(36-16)35-15-6-5-13(21(27)28)7-14(15)22(29)30/h5-7,16-20H,8H2,1-4H3/t16-,17+,18+,19-,20-/m1/s1. The van der Waals surface area contributed by atoms with Gasteiger partial charge >= 0.3 is 29.6 Å². The summed E-state index contributed by atoms with van der Waals surface area (Å²) in [7, 11) is 0. The first kappa shape index (κ1) is 27.9. The third-order valence-electron chi connectivity index (χ3n) is 4.54. The molecule has 196 valence electrons. The van der Waals surface area contributed by atoms with E-state index in [1.54, 1.807) is 0 Å². The predicted molar refractivity (Wildman–Crippen MR) is 112 cm³/mol. The minimum absolute atomic E-state index is 0.522. The smallest absolute Gasteiger partial charge is 0.317 e. The van der Waals surface area contributed by atoms with Crippen LogP contribution in [0.25, 0.3) is 0 Å². The molecular formula is C20H22N2O14. The molecule has 0 unspecified atom stereocenters. The first-order chi connectivity index (χ1) is 16.8. The molecular weight excluding hydrogens is 492 g/mol. The van der Waals surface area contributed by atoms with Crippen LogP contribution in [0.4, 0.5) is 11.4 Å². The molecule has 16 nitrogen and oxygen atoms in total. The van der Waals surface area contributed by atoms with Gasteiger partial charge in [-0.15, -0.1) is 0 Å². The second-order valence-electron chi connectivity index (χ2n) is 7.35. The van der Waals surface area contributed by atoms with Crippen molar-refractivity contribution in [2.45, 2.75) is 58.4 Å². The average Bonchev–Trinajstić information content (AvgIpc) is 2.75. The van der Waals surface area contributed by atoms with Crippen molar-refractivity contribution in [1.29, 1.82) is 0 Å². The fourth-order valence-electron chi connectivity index (χ4n) is 3.27. The summed E-state index contributed by atoms with van der Waals surface area (Å²) in [6, 6.07) is 2.48. The van der Waals surface area contributed by atoms with Crippen LogP contribution in [-0.4, -0.2) is 71.0 Å². The maximum absolute atomic E-state index is 11.8. The Bertz CT molecular complexity index is 1060. The zero-order valence-corrected chi connectivity index (χ0v) is 19.4. The Morgan fingerprint density at radius 2 is 1.39 bits per heavy atom. The number of benzene rings is 1. The molecule has 5 atom stereocenters. The zero-order chi connectivity index (χ0) is 27.2. The summed E-state index contributed by atoms with van der Waals surface area (Å²) in [5.41, 5.74) is -1.42. The molecule has 1 aliphatic heterocycles. The number of nitro benzene ring substituents is 2. The van der Waals surface area contributed by atoms with Crippen molar-refractivity contribution in [3.8, 4) is 5.75 Å². The number of rotatable bonds is 9. The van der Waals surface area contributed by atoms with Crippen LogP contribution in [0.3, 0.4) is 0 Å². The molecule has 1 heterocycles. The van der Waals surface area contributed by atoms with Gasteiger partial charge in [0.25, 0.3) is 5.69 Å². The Labute approximate surface area is 202 Å². The van der Waals surface area contributed by atoms with Crippen LogP contribution in [0.15, 0.2) is 18.2 Å². The van der Waals surface area contributed by atoms with Crippen LogP contribution in [0.1, 0.15) is 27.7 Å². The minimum atomic E-state index is -1.74. The molecule has 0 bridgehead atoms. The Morgan fingerprint density at radius 1 is 0.833 bits per heavy atom. The van der Waals surface area contributed by atoms with Crippen molar-refractivity contribution in [3.05, 3.63) is 38.4 Å². The van der Waals surface area contributed by atoms with E-state index in [4.69, 9.17) is 28.4 Å². The van der Waals surface area contributed by atoms with E-state index in [0.29, 0.717) is 6.07 Å². The van der Waals surface area contributed by atoms with Crippen molar-refractivity contribution >= 4 is 35.3 Å². The molecule has 1 fully saturated rings. The van der Waals surface area contributed by atoms with Crippen LogP contribution in [0.2, 0.25) is 0 Å². The monoisotopic (exact) mass is 514 g/mol. The first-order valence-corrected chi connectivity index (χ1v) is 10.2. The van der Waals surface area contributed by atoms with E-state index in [-0.39, 0.29) is 0 Å². The van der Waals surface area contributed by atoms with Gasteiger partial charge in [0.05, 0.1) is 15.9 Å². The van der Waals surface area contributed by atoms with Gasteiger partial charge in [0, 0.05) is 33.8 Å². The molecule has 0 spiro atoms. The van der Waals surface area contributed by atoms with E-state index in [2.05, 4.69) is 0 Å². The van der Waals surface area contributed by atoms with Crippen molar-refractivity contribution < 1.29 is 57.4 Å². The lowest BCUT2D eigenvalue weighted by Gasteiger charge is -2.43. The fourth-order valence-corrected chi connectivity index (χ4v) is 3.27. The molecule has 1 aromatic carbocycles. The molecule has 2 rings (SSSR count). The topological polar surface area (TPSA) is 210 Å². The summed E-state index contributed by atoms with van der Waals surface area (Å²) >= 11 is 0. The van der Waals surface area contributed by atoms with Gasteiger partial charge < -0.3 is 28.4 Å². The summed E-state index contributed by atoms with van der Waals surface area (Å²) in [6.45, 7) is 3.60. The fraction of sp³-hybridized carbons (Fsp3) is 0.500. The lowest BCUT2D eigenvalue weighted by molar-refractivity contribution is -0.395. The average molecular weight is 514 g/mol. The molecule has 1 saturated heterocycles. The number of hydrogen-bond donors (Lipinski definition) is 0. The SMILES string of the molecule is CC(=O)OC[C@H]1O[C@@H](Oc2ccc([N+](=O)[O-])cc2[N+](=O)[O-])[C@H](OC(C)=O)[C@@H](OC(C)=O)[C@H]1OC(C)=O. The summed E-state index contributed by atoms with van der Waals surface area (Å²) in [6.07, 6.45) is -7.76. The van der Waals surface area contributed by atoms with Crippen molar-refractivity contribution in [2.75, 3.05) is 6.61 Å². The van der Waals surface area contributed by atoms with Gasteiger partial charge in [0.1, 0.15) is 12.7 Å². The maximum Gasteiger partial charge on any atom is 0.317 e. The van der Waals surface area contributed by atoms with Crippen LogP contribution < -0.4 is 4.74 Å². The molecule has 0 N–H and O–H groups in total. The lowest BCUT2D eigenvalue weighted by Crippen LogP contribution is -2.63. The third kappa shape index (κ3) is 7.33. The number of non-ortho nitro benzene ring substituents is 1. The largest absolute Gasteiger partial charge is 0.463 e. The molecule has 16 heteroatoms. The van der Waals surface area contributed by atoms with Gasteiger partial charge in [-0.1, -0.05) is 0 Å². The number of ether oxygens (including phenoxy) is 6. The molecule has 0 aromatic heterocycles. The summed E-state index contributed by atoms with van der Waals surface area (Å²) in [4.78, 5) is 67.5. The van der Waals surface area contributed by atoms with Crippen LogP contribution in [-0.2, 0) is 42.9 Å². The predicted octanol–water partition coefficient (Wildman–Crippen LogP) is 0.965. The normalized spacial score (nSPS) is 23.1. The van der Waals surface area contributed by atoms with Gasteiger partial charge in [0.15, 0.2) is 12.2 Å².